The van der Waals surface area contributed by atoms with Crippen molar-refractivity contribution in [3.05, 3.63) is 27.6 Å². The van der Waals surface area contributed by atoms with E-state index in [2.05, 4.69) is 46.6 Å². The summed E-state index contributed by atoms with van der Waals surface area (Å²) >= 11 is 2.14. The summed E-state index contributed by atoms with van der Waals surface area (Å²) in [6, 6.07) is 4.20. The van der Waals surface area contributed by atoms with E-state index in [0.29, 0.717) is 11.6 Å². The van der Waals surface area contributed by atoms with Crippen molar-refractivity contribution >= 4 is 28.5 Å². The molecule has 2 rings (SSSR count). The van der Waals surface area contributed by atoms with E-state index in [-0.39, 0.29) is 5.91 Å². The van der Waals surface area contributed by atoms with E-state index >= 15 is 0 Å². The second-order valence-corrected chi connectivity index (χ2v) is 5.63. The van der Waals surface area contributed by atoms with E-state index in [4.69, 9.17) is 0 Å². The fourth-order valence-corrected chi connectivity index (χ4v) is 2.35. The van der Waals surface area contributed by atoms with Gasteiger partial charge in [-0.05, 0) is 55.2 Å². The lowest BCUT2D eigenvalue weighted by Gasteiger charge is -2.20. The maximum absolute atomic E-state index is 12.2. The minimum absolute atomic E-state index is 0.0956. The molecule has 5 heteroatoms. The van der Waals surface area contributed by atoms with Crippen LogP contribution in [0.25, 0.3) is 0 Å². The van der Waals surface area contributed by atoms with Crippen LogP contribution in [-0.2, 0) is 0 Å². The molecule has 92 valence electrons. The van der Waals surface area contributed by atoms with Crippen molar-refractivity contribution in [3.8, 4) is 0 Å². The fraction of sp³-hybridized carbons (Fsp3) is 0.500. The summed E-state index contributed by atoms with van der Waals surface area (Å²) in [6.07, 6.45) is 2.71. The Kier molecular flexibility index (Phi) is 3.98. The van der Waals surface area contributed by atoms with Gasteiger partial charge in [0.25, 0.3) is 5.91 Å². The molecule has 1 amide bonds. The molecule has 1 aromatic heterocycles. The molecule has 1 fully saturated rings. The van der Waals surface area contributed by atoms with Crippen LogP contribution in [0.5, 0.6) is 0 Å². The third-order valence-electron chi connectivity index (χ3n) is 3.16. The number of rotatable bonds is 2. The minimum Gasteiger partial charge on any atom is -0.337 e. The fourth-order valence-electron chi connectivity index (χ4n) is 2.03. The topological polar surface area (TPSA) is 36.4 Å². The van der Waals surface area contributed by atoms with E-state index in [1.165, 1.54) is 0 Å². The first-order valence-electron chi connectivity index (χ1n) is 5.65. The van der Waals surface area contributed by atoms with Crippen molar-refractivity contribution in [2.75, 3.05) is 27.2 Å². The summed E-state index contributed by atoms with van der Waals surface area (Å²) in [7, 11) is 4.12. The van der Waals surface area contributed by atoms with Crippen LogP contribution in [-0.4, -0.2) is 53.9 Å². The summed E-state index contributed by atoms with van der Waals surface area (Å²) in [6.45, 7) is 1.66. The van der Waals surface area contributed by atoms with E-state index in [1.807, 2.05) is 17.0 Å². The third kappa shape index (κ3) is 2.95. The molecule has 17 heavy (non-hydrogen) atoms. The Bertz CT molecular complexity index is 405. The van der Waals surface area contributed by atoms with Gasteiger partial charge >= 0.3 is 0 Å². The molecule has 0 N–H and O–H groups in total. The van der Waals surface area contributed by atoms with Crippen molar-refractivity contribution < 1.29 is 4.79 Å². The zero-order valence-electron chi connectivity index (χ0n) is 10.1. The zero-order valence-corrected chi connectivity index (χ0v) is 12.2. The van der Waals surface area contributed by atoms with Gasteiger partial charge in [0.05, 0.1) is 5.56 Å². The van der Waals surface area contributed by atoms with Crippen molar-refractivity contribution in [1.29, 1.82) is 0 Å². The third-order valence-corrected chi connectivity index (χ3v) is 3.79. The molecule has 0 saturated carbocycles. The van der Waals surface area contributed by atoms with Gasteiger partial charge in [0, 0.05) is 25.3 Å². The van der Waals surface area contributed by atoms with Gasteiger partial charge in [0.2, 0.25) is 0 Å². The summed E-state index contributed by atoms with van der Waals surface area (Å²) in [5, 5.41) is 0. The zero-order chi connectivity index (χ0) is 12.4. The van der Waals surface area contributed by atoms with Gasteiger partial charge in [-0.3, -0.25) is 4.79 Å². The lowest BCUT2D eigenvalue weighted by atomic mass is 10.2. The van der Waals surface area contributed by atoms with Gasteiger partial charge in [-0.1, -0.05) is 0 Å². The first-order chi connectivity index (χ1) is 8.08. The summed E-state index contributed by atoms with van der Waals surface area (Å²) < 4.78 is 0.909. The van der Waals surface area contributed by atoms with E-state index < -0.39 is 0 Å². The molecule has 0 radical (unpaired) electrons. The highest BCUT2D eigenvalue weighted by Gasteiger charge is 2.27. The van der Waals surface area contributed by atoms with E-state index in [0.717, 1.165) is 23.2 Å². The van der Waals surface area contributed by atoms with Gasteiger partial charge < -0.3 is 9.80 Å². The molecule has 0 unspecified atom stereocenters. The first-order valence-corrected chi connectivity index (χ1v) is 6.73. The van der Waals surface area contributed by atoms with Crippen LogP contribution in [0.1, 0.15) is 16.8 Å². The van der Waals surface area contributed by atoms with Crippen LogP contribution < -0.4 is 0 Å². The first kappa shape index (κ1) is 12.8. The smallest absolute Gasteiger partial charge is 0.255 e. The minimum atomic E-state index is 0.0956. The predicted molar refractivity (Wildman–Crippen MR) is 74.9 cm³/mol. The normalized spacial score (nSPS) is 20.0. The Morgan fingerprint density at radius 3 is 2.82 bits per heavy atom. The summed E-state index contributed by atoms with van der Waals surface area (Å²) in [5.41, 5.74) is 0.685. The van der Waals surface area contributed by atoms with Crippen molar-refractivity contribution in [2.45, 2.75) is 12.5 Å². The standard InChI is InChI=1S/C12H16IN3O/c1-15(2)10-5-6-16(8-10)12(17)9-3-4-11(13)14-7-9/h3-4,7,10H,5-6,8H2,1-2H3/t10-/m1/s1. The molecule has 1 atom stereocenters. The second kappa shape index (κ2) is 5.30. The van der Waals surface area contributed by atoms with Crippen LogP contribution in [0.2, 0.25) is 0 Å². The highest BCUT2D eigenvalue weighted by Crippen LogP contribution is 2.16. The molecule has 2 heterocycles. The Morgan fingerprint density at radius 1 is 1.53 bits per heavy atom. The van der Waals surface area contributed by atoms with Gasteiger partial charge in [0.1, 0.15) is 3.70 Å². The second-order valence-electron chi connectivity index (χ2n) is 4.53. The number of nitrogens with zero attached hydrogens (tertiary/aromatic N) is 3. The van der Waals surface area contributed by atoms with Crippen LogP contribution >= 0.6 is 22.6 Å². The van der Waals surface area contributed by atoms with Gasteiger partial charge in [-0.15, -0.1) is 0 Å². The molecule has 4 nitrogen and oxygen atoms in total. The van der Waals surface area contributed by atoms with Crippen LogP contribution in [0.3, 0.4) is 0 Å². The number of hydrogen-bond donors (Lipinski definition) is 0. The van der Waals surface area contributed by atoms with E-state index in [9.17, 15) is 4.79 Å². The summed E-state index contributed by atoms with van der Waals surface area (Å²) in [5.74, 6) is 0.0956. The molecular weight excluding hydrogens is 329 g/mol. The Labute approximate surface area is 115 Å². The molecule has 1 aromatic rings. The van der Waals surface area contributed by atoms with Crippen LogP contribution in [0.4, 0.5) is 0 Å². The Morgan fingerprint density at radius 2 is 2.29 bits per heavy atom. The number of amides is 1. The maximum atomic E-state index is 12.2. The Balaban J connectivity index is 2.04. The number of pyridine rings is 1. The highest BCUT2D eigenvalue weighted by molar-refractivity contribution is 14.1. The van der Waals surface area contributed by atoms with Crippen LogP contribution in [0.15, 0.2) is 18.3 Å². The van der Waals surface area contributed by atoms with E-state index in [1.54, 1.807) is 6.20 Å². The van der Waals surface area contributed by atoms with Gasteiger partial charge in [-0.25, -0.2) is 4.98 Å². The SMILES string of the molecule is CN(C)[C@@H]1CCN(C(=O)c2ccc(I)nc2)C1. The number of carbonyl (C=O) groups excluding carboxylic acids is 1. The molecule has 1 aliphatic heterocycles. The number of carbonyl (C=O) groups is 1. The van der Waals surface area contributed by atoms with Gasteiger partial charge in [0.15, 0.2) is 0 Å². The highest BCUT2D eigenvalue weighted by atomic mass is 127. The van der Waals surface area contributed by atoms with Crippen molar-refractivity contribution in [2.24, 2.45) is 0 Å². The molecule has 0 bridgehead atoms. The molecule has 0 aromatic carbocycles. The van der Waals surface area contributed by atoms with Gasteiger partial charge in [-0.2, -0.15) is 0 Å². The quantitative estimate of drug-likeness (QED) is 0.602. The van der Waals surface area contributed by atoms with Crippen molar-refractivity contribution in [3.63, 3.8) is 0 Å². The number of hydrogen-bond acceptors (Lipinski definition) is 3. The summed E-state index contributed by atoms with van der Waals surface area (Å²) in [4.78, 5) is 20.4. The largest absolute Gasteiger partial charge is 0.337 e. The van der Waals surface area contributed by atoms with Crippen molar-refractivity contribution in [1.82, 2.24) is 14.8 Å². The van der Waals surface area contributed by atoms with Crippen LogP contribution in [0, 0.1) is 3.70 Å². The molecule has 1 saturated heterocycles. The monoisotopic (exact) mass is 345 g/mol. The number of likely N-dealkylation sites (tertiary alicyclic amines) is 1. The molecule has 0 aliphatic carbocycles. The Hall–Kier alpha value is -0.690. The average molecular weight is 345 g/mol. The lowest BCUT2D eigenvalue weighted by molar-refractivity contribution is 0.0782. The molecular formula is C12H16IN3O. The lowest BCUT2D eigenvalue weighted by Crippen LogP contribution is -2.34. The number of aromatic nitrogens is 1. The number of halogens is 1. The average Bonchev–Trinajstić information content (AvgIpc) is 2.78. The molecule has 0 spiro atoms. The predicted octanol–water partition coefficient (Wildman–Crippen LogP) is 1.46. The number of likely N-dealkylation sites (N-methyl/N-ethyl adjacent to an activating group) is 1. The molecule has 1 aliphatic rings. The maximum Gasteiger partial charge on any atom is 0.255 e.